The van der Waals surface area contributed by atoms with Crippen LogP contribution in [0.4, 0.5) is 0 Å². The van der Waals surface area contributed by atoms with E-state index in [1.165, 1.54) is 16.4 Å². The largest absolute Gasteiger partial charge is 0.493 e. The van der Waals surface area contributed by atoms with E-state index in [1.54, 1.807) is 19.2 Å². The summed E-state index contributed by atoms with van der Waals surface area (Å²) in [4.78, 5) is 15.2. The summed E-state index contributed by atoms with van der Waals surface area (Å²) in [5.74, 6) is 1.16. The van der Waals surface area contributed by atoms with E-state index in [0.717, 1.165) is 5.56 Å². The average molecular weight is 495 g/mol. The molecule has 9 heteroatoms. The SMILES string of the molecule is CCOc1ccc(CN(CC)C(=O)C2CCN(S(=O)(=O)c3ccc(Cl)cc3)CC2)cc1OC. The molecule has 0 unspecified atom stereocenters. The Hall–Kier alpha value is -2.29. The van der Waals surface area contributed by atoms with Crippen LogP contribution < -0.4 is 9.47 Å². The molecular weight excluding hydrogens is 464 g/mol. The van der Waals surface area contributed by atoms with Gasteiger partial charge in [0.1, 0.15) is 0 Å². The predicted molar refractivity (Wildman–Crippen MR) is 128 cm³/mol. The fourth-order valence-electron chi connectivity index (χ4n) is 4.01. The molecule has 0 bridgehead atoms. The van der Waals surface area contributed by atoms with Crippen LogP contribution in [0.3, 0.4) is 0 Å². The highest BCUT2D eigenvalue weighted by Gasteiger charge is 2.33. The van der Waals surface area contributed by atoms with Crippen molar-refractivity contribution in [1.29, 1.82) is 0 Å². The van der Waals surface area contributed by atoms with Crippen LogP contribution >= 0.6 is 11.6 Å². The van der Waals surface area contributed by atoms with Crippen molar-refractivity contribution >= 4 is 27.5 Å². The van der Waals surface area contributed by atoms with Gasteiger partial charge in [-0.25, -0.2) is 8.42 Å². The summed E-state index contributed by atoms with van der Waals surface area (Å²) in [7, 11) is -2.00. The van der Waals surface area contributed by atoms with Gasteiger partial charge in [-0.3, -0.25) is 4.79 Å². The number of sulfonamides is 1. The average Bonchev–Trinajstić information content (AvgIpc) is 2.83. The molecule has 1 saturated heterocycles. The maximum absolute atomic E-state index is 13.2. The summed E-state index contributed by atoms with van der Waals surface area (Å²) in [5.41, 5.74) is 0.952. The lowest BCUT2D eigenvalue weighted by Gasteiger charge is -2.33. The number of ether oxygens (including phenoxy) is 2. The minimum absolute atomic E-state index is 0.0499. The van der Waals surface area contributed by atoms with Crippen LogP contribution in [0.1, 0.15) is 32.3 Å². The van der Waals surface area contributed by atoms with Gasteiger partial charge in [0.05, 0.1) is 18.6 Å². The van der Waals surface area contributed by atoms with Gasteiger partial charge in [-0.2, -0.15) is 4.31 Å². The zero-order valence-corrected chi connectivity index (χ0v) is 20.9. The molecule has 0 atom stereocenters. The van der Waals surface area contributed by atoms with E-state index in [9.17, 15) is 13.2 Å². The van der Waals surface area contributed by atoms with Crippen molar-refractivity contribution in [2.45, 2.75) is 38.1 Å². The summed E-state index contributed by atoms with van der Waals surface area (Å²) in [6, 6.07) is 11.8. The van der Waals surface area contributed by atoms with E-state index >= 15 is 0 Å². The first-order chi connectivity index (χ1) is 15.8. The van der Waals surface area contributed by atoms with Gasteiger partial charge in [0.15, 0.2) is 11.5 Å². The second-order valence-electron chi connectivity index (χ2n) is 7.90. The van der Waals surface area contributed by atoms with Gasteiger partial charge in [0, 0.05) is 37.1 Å². The monoisotopic (exact) mass is 494 g/mol. The minimum Gasteiger partial charge on any atom is -0.493 e. The molecule has 1 heterocycles. The Labute approximate surface area is 201 Å². The van der Waals surface area contributed by atoms with Gasteiger partial charge >= 0.3 is 0 Å². The molecule has 1 aliphatic heterocycles. The molecule has 0 spiro atoms. The number of amides is 1. The molecule has 0 radical (unpaired) electrons. The van der Waals surface area contributed by atoms with E-state index in [1.807, 2.05) is 36.9 Å². The predicted octanol–water partition coefficient (Wildman–Crippen LogP) is 4.20. The van der Waals surface area contributed by atoms with Crippen LogP contribution in [0.2, 0.25) is 5.02 Å². The summed E-state index contributed by atoms with van der Waals surface area (Å²) < 4.78 is 38.2. The molecule has 0 N–H and O–H groups in total. The highest BCUT2D eigenvalue weighted by atomic mass is 35.5. The molecule has 1 amide bonds. The Morgan fingerprint density at radius 2 is 1.76 bits per heavy atom. The number of hydrogen-bond acceptors (Lipinski definition) is 5. The first-order valence-electron chi connectivity index (χ1n) is 11.1. The first-order valence-corrected chi connectivity index (χ1v) is 13.0. The van der Waals surface area contributed by atoms with Gasteiger partial charge in [0.2, 0.25) is 15.9 Å². The fraction of sp³-hybridized carbons (Fsp3) is 0.458. The maximum atomic E-state index is 13.2. The molecule has 2 aromatic rings. The topological polar surface area (TPSA) is 76.2 Å². The number of carbonyl (C=O) groups is 1. The number of piperidine rings is 1. The Bertz CT molecular complexity index is 1050. The molecule has 0 saturated carbocycles. The molecular formula is C24H31ClN2O5S. The number of benzene rings is 2. The highest BCUT2D eigenvalue weighted by molar-refractivity contribution is 7.89. The Morgan fingerprint density at radius 1 is 1.09 bits per heavy atom. The molecule has 1 aliphatic rings. The zero-order valence-electron chi connectivity index (χ0n) is 19.3. The Balaban J connectivity index is 1.63. The lowest BCUT2D eigenvalue weighted by atomic mass is 9.96. The molecule has 1 fully saturated rings. The van der Waals surface area contributed by atoms with Crippen LogP contribution in [0, 0.1) is 5.92 Å². The minimum atomic E-state index is -3.59. The standard InChI is InChI=1S/C24H31ClN2O5S/c1-4-26(17-18-6-11-22(32-5-2)23(16-18)31-3)24(28)19-12-14-27(15-13-19)33(29,30)21-9-7-20(25)8-10-21/h6-11,16,19H,4-5,12-15,17H2,1-3H3. The van der Waals surface area contributed by atoms with Crippen molar-refractivity contribution in [1.82, 2.24) is 9.21 Å². The van der Waals surface area contributed by atoms with Crippen molar-refractivity contribution in [3.8, 4) is 11.5 Å². The zero-order chi connectivity index (χ0) is 24.0. The molecule has 3 rings (SSSR count). The third-order valence-electron chi connectivity index (χ3n) is 5.85. The van der Waals surface area contributed by atoms with Gasteiger partial charge in [-0.15, -0.1) is 0 Å². The number of hydrogen-bond donors (Lipinski definition) is 0. The van der Waals surface area contributed by atoms with E-state index in [4.69, 9.17) is 21.1 Å². The van der Waals surface area contributed by atoms with Crippen molar-refractivity contribution in [3.63, 3.8) is 0 Å². The second-order valence-corrected chi connectivity index (χ2v) is 10.3. The van der Waals surface area contributed by atoms with Gasteiger partial charge in [-0.05, 0) is 68.7 Å². The molecule has 0 aromatic heterocycles. The normalized spacial score (nSPS) is 15.3. The molecule has 180 valence electrons. The summed E-state index contributed by atoms with van der Waals surface area (Å²) in [6.07, 6.45) is 0.990. The number of carbonyl (C=O) groups excluding carboxylic acids is 1. The first kappa shape index (κ1) is 25.3. The Kier molecular flexibility index (Phi) is 8.62. The van der Waals surface area contributed by atoms with Crippen LogP contribution in [-0.2, 0) is 21.4 Å². The second kappa shape index (κ2) is 11.2. The smallest absolute Gasteiger partial charge is 0.243 e. The number of nitrogens with zero attached hydrogens (tertiary/aromatic N) is 2. The highest BCUT2D eigenvalue weighted by Crippen LogP contribution is 2.30. The van der Waals surface area contributed by atoms with E-state index in [0.29, 0.717) is 62.1 Å². The van der Waals surface area contributed by atoms with Crippen molar-refractivity contribution < 1.29 is 22.7 Å². The third-order valence-corrected chi connectivity index (χ3v) is 8.01. The summed E-state index contributed by atoms with van der Waals surface area (Å²) in [5, 5.41) is 0.489. The fourth-order valence-corrected chi connectivity index (χ4v) is 5.60. The van der Waals surface area contributed by atoms with Gasteiger partial charge in [-0.1, -0.05) is 17.7 Å². The van der Waals surface area contributed by atoms with Crippen LogP contribution in [0.5, 0.6) is 11.5 Å². The van der Waals surface area contributed by atoms with Crippen molar-refractivity contribution in [3.05, 3.63) is 53.1 Å². The molecule has 0 aliphatic carbocycles. The lowest BCUT2D eigenvalue weighted by molar-refractivity contribution is -0.137. The maximum Gasteiger partial charge on any atom is 0.243 e. The van der Waals surface area contributed by atoms with E-state index in [2.05, 4.69) is 0 Å². The molecule has 2 aromatic carbocycles. The van der Waals surface area contributed by atoms with Gasteiger partial charge in [0.25, 0.3) is 0 Å². The van der Waals surface area contributed by atoms with Gasteiger partial charge < -0.3 is 14.4 Å². The van der Waals surface area contributed by atoms with E-state index < -0.39 is 10.0 Å². The van der Waals surface area contributed by atoms with Crippen LogP contribution in [-0.4, -0.2) is 56.9 Å². The number of halogens is 1. The molecule has 7 nitrogen and oxygen atoms in total. The number of rotatable bonds is 9. The van der Waals surface area contributed by atoms with Crippen molar-refractivity contribution in [2.24, 2.45) is 5.92 Å². The number of methoxy groups -OCH3 is 1. The third kappa shape index (κ3) is 5.99. The molecule has 33 heavy (non-hydrogen) atoms. The Morgan fingerprint density at radius 3 is 2.33 bits per heavy atom. The van der Waals surface area contributed by atoms with Crippen LogP contribution in [0.15, 0.2) is 47.4 Å². The lowest BCUT2D eigenvalue weighted by Crippen LogP contribution is -2.44. The summed E-state index contributed by atoms with van der Waals surface area (Å²) >= 11 is 5.88. The quantitative estimate of drug-likeness (QED) is 0.522. The summed E-state index contributed by atoms with van der Waals surface area (Å²) in [6.45, 7) is 6.06. The van der Waals surface area contributed by atoms with Crippen molar-refractivity contribution in [2.75, 3.05) is 33.4 Å². The van der Waals surface area contributed by atoms with Crippen LogP contribution in [0.25, 0.3) is 0 Å². The van der Waals surface area contributed by atoms with E-state index in [-0.39, 0.29) is 16.7 Å².